The average molecular weight is 398 g/mol. The molecule has 30 heavy (non-hydrogen) atoms. The standard InChI is InChI=1S/C25H22N2O3/c1-17(28)23-24(20-9-6-10-21(29)15-20)26-27(25(23)19-7-4-3-5-8-19)16-18-11-13-22(30-2)14-12-18/h3-15,29H,16H2,1-2H3. The third-order valence-corrected chi connectivity index (χ3v) is 4.96. The SMILES string of the molecule is COc1ccc(Cn2nc(-c3cccc(O)c3)c(C(C)=O)c2-c2ccccc2)cc1. The van der Waals surface area contributed by atoms with Crippen LogP contribution in [0.25, 0.3) is 22.5 Å². The van der Waals surface area contributed by atoms with Gasteiger partial charge in [0.05, 0.1) is 24.9 Å². The number of phenols is 1. The number of methoxy groups -OCH3 is 1. The van der Waals surface area contributed by atoms with E-state index in [1.165, 1.54) is 0 Å². The van der Waals surface area contributed by atoms with Gasteiger partial charge in [0.2, 0.25) is 0 Å². The summed E-state index contributed by atoms with van der Waals surface area (Å²) in [4.78, 5) is 12.7. The summed E-state index contributed by atoms with van der Waals surface area (Å²) in [5.41, 5.74) is 4.51. The number of carbonyl (C=O) groups is 1. The Morgan fingerprint density at radius 3 is 2.30 bits per heavy atom. The summed E-state index contributed by atoms with van der Waals surface area (Å²) in [7, 11) is 1.64. The van der Waals surface area contributed by atoms with E-state index in [0.717, 1.165) is 22.6 Å². The molecule has 0 radical (unpaired) electrons. The fraction of sp³-hybridized carbons (Fsp3) is 0.120. The lowest BCUT2D eigenvalue weighted by molar-refractivity contribution is 0.101. The van der Waals surface area contributed by atoms with E-state index < -0.39 is 0 Å². The van der Waals surface area contributed by atoms with Crippen LogP contribution in [-0.4, -0.2) is 27.8 Å². The van der Waals surface area contributed by atoms with Gasteiger partial charge in [-0.15, -0.1) is 0 Å². The van der Waals surface area contributed by atoms with E-state index in [-0.39, 0.29) is 11.5 Å². The van der Waals surface area contributed by atoms with Gasteiger partial charge in [-0.1, -0.05) is 54.6 Å². The highest BCUT2D eigenvalue weighted by molar-refractivity contribution is 6.05. The van der Waals surface area contributed by atoms with E-state index in [4.69, 9.17) is 9.84 Å². The van der Waals surface area contributed by atoms with Crippen LogP contribution in [0.1, 0.15) is 22.8 Å². The van der Waals surface area contributed by atoms with Crippen molar-refractivity contribution in [2.75, 3.05) is 7.11 Å². The van der Waals surface area contributed by atoms with Crippen LogP contribution in [0.5, 0.6) is 11.5 Å². The first-order valence-electron chi connectivity index (χ1n) is 9.66. The number of hydrogen-bond donors (Lipinski definition) is 1. The molecule has 1 N–H and O–H groups in total. The summed E-state index contributed by atoms with van der Waals surface area (Å²) in [6.45, 7) is 2.04. The Labute approximate surface area is 175 Å². The molecule has 3 aromatic carbocycles. The van der Waals surface area contributed by atoms with Gasteiger partial charge in [0.15, 0.2) is 5.78 Å². The monoisotopic (exact) mass is 398 g/mol. The third-order valence-electron chi connectivity index (χ3n) is 4.96. The van der Waals surface area contributed by atoms with Gasteiger partial charge in [-0.25, -0.2) is 0 Å². The van der Waals surface area contributed by atoms with Crippen molar-refractivity contribution in [2.45, 2.75) is 13.5 Å². The van der Waals surface area contributed by atoms with Crippen LogP contribution in [0.2, 0.25) is 0 Å². The van der Waals surface area contributed by atoms with Crippen LogP contribution in [0.3, 0.4) is 0 Å². The normalized spacial score (nSPS) is 10.7. The quantitative estimate of drug-likeness (QED) is 0.455. The molecule has 0 atom stereocenters. The van der Waals surface area contributed by atoms with Crippen molar-refractivity contribution in [1.82, 2.24) is 9.78 Å². The number of phenolic OH excluding ortho intramolecular Hbond substituents is 1. The van der Waals surface area contributed by atoms with Crippen LogP contribution >= 0.6 is 0 Å². The number of aromatic nitrogens is 2. The Kier molecular flexibility index (Phi) is 5.35. The molecular formula is C25H22N2O3. The van der Waals surface area contributed by atoms with Gasteiger partial charge >= 0.3 is 0 Å². The first kappa shape index (κ1) is 19.5. The number of aromatic hydroxyl groups is 1. The maximum Gasteiger partial charge on any atom is 0.164 e. The summed E-state index contributed by atoms with van der Waals surface area (Å²) in [6.07, 6.45) is 0. The van der Waals surface area contributed by atoms with Gasteiger partial charge in [-0.05, 0) is 36.8 Å². The van der Waals surface area contributed by atoms with Crippen molar-refractivity contribution >= 4 is 5.78 Å². The van der Waals surface area contributed by atoms with Crippen molar-refractivity contribution in [3.8, 4) is 34.0 Å². The second-order valence-electron chi connectivity index (χ2n) is 7.05. The van der Waals surface area contributed by atoms with Crippen LogP contribution in [-0.2, 0) is 6.54 Å². The molecule has 1 heterocycles. The molecule has 0 unspecified atom stereocenters. The number of carbonyl (C=O) groups excluding carboxylic acids is 1. The molecule has 0 amide bonds. The molecule has 4 rings (SSSR count). The first-order chi connectivity index (χ1) is 14.6. The Hall–Kier alpha value is -3.86. The Bertz CT molecular complexity index is 1180. The van der Waals surface area contributed by atoms with Crippen molar-refractivity contribution in [3.05, 3.63) is 90.0 Å². The smallest absolute Gasteiger partial charge is 0.164 e. The number of hydrogen-bond acceptors (Lipinski definition) is 4. The molecule has 0 aliphatic rings. The maximum absolute atomic E-state index is 12.7. The lowest BCUT2D eigenvalue weighted by Crippen LogP contribution is -2.05. The molecule has 0 aliphatic heterocycles. The second-order valence-corrected chi connectivity index (χ2v) is 7.05. The summed E-state index contributed by atoms with van der Waals surface area (Å²) >= 11 is 0. The topological polar surface area (TPSA) is 64.3 Å². The number of ether oxygens (including phenoxy) is 1. The summed E-state index contributed by atoms with van der Waals surface area (Å²) in [6, 6.07) is 24.4. The van der Waals surface area contributed by atoms with Gasteiger partial charge in [0.1, 0.15) is 17.2 Å². The summed E-state index contributed by atoms with van der Waals surface area (Å²) < 4.78 is 7.10. The zero-order valence-corrected chi connectivity index (χ0v) is 16.9. The number of Topliss-reactive ketones (excluding diaryl/α,β-unsaturated/α-hetero) is 1. The number of rotatable bonds is 6. The van der Waals surface area contributed by atoms with E-state index >= 15 is 0 Å². The molecular weight excluding hydrogens is 376 g/mol. The minimum Gasteiger partial charge on any atom is -0.508 e. The maximum atomic E-state index is 12.7. The highest BCUT2D eigenvalue weighted by Crippen LogP contribution is 2.34. The van der Waals surface area contributed by atoms with Crippen LogP contribution < -0.4 is 4.74 Å². The van der Waals surface area contributed by atoms with E-state index in [0.29, 0.717) is 23.4 Å². The zero-order chi connectivity index (χ0) is 21.1. The predicted octanol–water partition coefficient (Wildman–Crippen LogP) is 5.18. The zero-order valence-electron chi connectivity index (χ0n) is 16.9. The highest BCUT2D eigenvalue weighted by Gasteiger charge is 2.24. The second kappa shape index (κ2) is 8.25. The van der Waals surface area contributed by atoms with E-state index in [1.54, 1.807) is 32.2 Å². The molecule has 4 aromatic rings. The Balaban J connectivity index is 1.91. The van der Waals surface area contributed by atoms with Crippen molar-refractivity contribution < 1.29 is 14.6 Å². The predicted molar refractivity (Wildman–Crippen MR) is 117 cm³/mol. The van der Waals surface area contributed by atoms with Crippen LogP contribution in [0.4, 0.5) is 0 Å². The van der Waals surface area contributed by atoms with E-state index in [9.17, 15) is 9.90 Å². The molecule has 5 heteroatoms. The third kappa shape index (κ3) is 3.82. The van der Waals surface area contributed by atoms with Gasteiger partial charge < -0.3 is 9.84 Å². The van der Waals surface area contributed by atoms with Crippen molar-refractivity contribution in [2.24, 2.45) is 0 Å². The van der Waals surface area contributed by atoms with Crippen LogP contribution in [0, 0.1) is 0 Å². The Morgan fingerprint density at radius 2 is 1.67 bits per heavy atom. The van der Waals surface area contributed by atoms with Gasteiger partial charge in [0.25, 0.3) is 0 Å². The summed E-state index contributed by atoms with van der Waals surface area (Å²) in [5.74, 6) is 0.841. The lowest BCUT2D eigenvalue weighted by atomic mass is 9.99. The Morgan fingerprint density at radius 1 is 0.967 bits per heavy atom. The molecule has 0 aliphatic carbocycles. The van der Waals surface area contributed by atoms with Gasteiger partial charge in [0, 0.05) is 11.1 Å². The van der Waals surface area contributed by atoms with E-state index in [1.807, 2.05) is 65.3 Å². The van der Waals surface area contributed by atoms with Crippen molar-refractivity contribution in [1.29, 1.82) is 0 Å². The van der Waals surface area contributed by atoms with Gasteiger partial charge in [-0.3, -0.25) is 9.48 Å². The van der Waals surface area contributed by atoms with Crippen molar-refractivity contribution in [3.63, 3.8) is 0 Å². The van der Waals surface area contributed by atoms with E-state index in [2.05, 4.69) is 0 Å². The molecule has 0 saturated carbocycles. The first-order valence-corrected chi connectivity index (χ1v) is 9.66. The minimum absolute atomic E-state index is 0.0758. The van der Waals surface area contributed by atoms with Gasteiger partial charge in [-0.2, -0.15) is 5.10 Å². The summed E-state index contributed by atoms with van der Waals surface area (Å²) in [5, 5.41) is 14.8. The number of nitrogens with zero attached hydrogens (tertiary/aromatic N) is 2. The fourth-order valence-corrected chi connectivity index (χ4v) is 3.56. The molecule has 5 nitrogen and oxygen atoms in total. The highest BCUT2D eigenvalue weighted by atomic mass is 16.5. The minimum atomic E-state index is -0.0758. The number of ketones is 1. The molecule has 150 valence electrons. The van der Waals surface area contributed by atoms with Crippen LogP contribution in [0.15, 0.2) is 78.9 Å². The molecule has 0 saturated heterocycles. The average Bonchev–Trinajstić information content (AvgIpc) is 3.14. The largest absolute Gasteiger partial charge is 0.508 e. The molecule has 0 fully saturated rings. The molecule has 1 aromatic heterocycles. The lowest BCUT2D eigenvalue weighted by Gasteiger charge is -2.10. The molecule has 0 bridgehead atoms. The number of benzene rings is 3. The fourth-order valence-electron chi connectivity index (χ4n) is 3.56. The molecule has 0 spiro atoms.